The number of sulfonamides is 1. The summed E-state index contributed by atoms with van der Waals surface area (Å²) in [5, 5.41) is 3.41. The van der Waals surface area contributed by atoms with Crippen LogP contribution in [0.5, 0.6) is 0 Å². The number of halogens is 1. The highest BCUT2D eigenvalue weighted by atomic mass is 35.5. The number of anilines is 1. The molecule has 0 heterocycles. The molecule has 0 saturated heterocycles. The van der Waals surface area contributed by atoms with Gasteiger partial charge in [0.1, 0.15) is 6.54 Å². The fourth-order valence-electron chi connectivity index (χ4n) is 3.48. The van der Waals surface area contributed by atoms with Crippen molar-refractivity contribution in [2.24, 2.45) is 0 Å². The van der Waals surface area contributed by atoms with Gasteiger partial charge in [0.25, 0.3) is 10.0 Å². The third-order valence-corrected chi connectivity index (χ3v) is 7.53. The van der Waals surface area contributed by atoms with E-state index in [9.17, 15) is 13.2 Å². The predicted octanol–water partition coefficient (Wildman–Crippen LogP) is 5.42. The Bertz CT molecular complexity index is 1180. The average Bonchev–Trinajstić information content (AvgIpc) is 2.79. The summed E-state index contributed by atoms with van der Waals surface area (Å²) in [7, 11) is -4.00. The molecule has 0 aromatic heterocycles. The number of carbonyl (C=O) groups is 1. The minimum Gasteiger partial charge on any atom is -0.348 e. The SMILES string of the molecule is CC[C@@H](NC(=O)CN(c1cccc(Cl)c1C)S(=O)(=O)c1ccc(C)cc1)c1ccccc1. The number of hydrogen-bond acceptors (Lipinski definition) is 3. The van der Waals surface area contributed by atoms with Crippen molar-refractivity contribution in [2.45, 2.75) is 38.1 Å². The van der Waals surface area contributed by atoms with Gasteiger partial charge in [-0.1, -0.05) is 72.6 Å². The molecule has 0 unspecified atom stereocenters. The van der Waals surface area contributed by atoms with Crippen molar-refractivity contribution in [3.63, 3.8) is 0 Å². The lowest BCUT2D eigenvalue weighted by Crippen LogP contribution is -2.42. The molecule has 0 aliphatic rings. The van der Waals surface area contributed by atoms with Crippen LogP contribution in [0.3, 0.4) is 0 Å². The molecule has 1 atom stereocenters. The second-order valence-electron chi connectivity index (χ2n) is 7.65. The van der Waals surface area contributed by atoms with Crippen molar-refractivity contribution >= 4 is 33.2 Å². The molecule has 7 heteroatoms. The zero-order valence-electron chi connectivity index (χ0n) is 18.4. The lowest BCUT2D eigenvalue weighted by Gasteiger charge is -2.27. The molecule has 32 heavy (non-hydrogen) atoms. The van der Waals surface area contributed by atoms with Gasteiger partial charge in [-0.15, -0.1) is 0 Å². The Labute approximate surface area is 195 Å². The molecule has 3 rings (SSSR count). The largest absolute Gasteiger partial charge is 0.348 e. The van der Waals surface area contributed by atoms with Crippen molar-refractivity contribution in [3.05, 3.63) is 94.5 Å². The van der Waals surface area contributed by atoms with Gasteiger partial charge < -0.3 is 5.32 Å². The summed E-state index contributed by atoms with van der Waals surface area (Å²) < 4.78 is 28.3. The van der Waals surface area contributed by atoms with Gasteiger partial charge in [-0.2, -0.15) is 0 Å². The molecule has 0 fully saturated rings. The second-order valence-corrected chi connectivity index (χ2v) is 9.92. The van der Waals surface area contributed by atoms with Gasteiger partial charge >= 0.3 is 0 Å². The Morgan fingerprint density at radius 3 is 2.25 bits per heavy atom. The smallest absolute Gasteiger partial charge is 0.264 e. The highest BCUT2D eigenvalue weighted by molar-refractivity contribution is 7.92. The van der Waals surface area contributed by atoms with E-state index in [0.717, 1.165) is 15.4 Å². The molecule has 5 nitrogen and oxygen atoms in total. The van der Waals surface area contributed by atoms with Crippen LogP contribution in [-0.4, -0.2) is 20.9 Å². The topological polar surface area (TPSA) is 66.5 Å². The molecule has 0 bridgehead atoms. The van der Waals surface area contributed by atoms with Crippen LogP contribution >= 0.6 is 11.6 Å². The first kappa shape index (κ1) is 23.8. The van der Waals surface area contributed by atoms with Crippen LogP contribution in [0.4, 0.5) is 5.69 Å². The van der Waals surface area contributed by atoms with Gasteiger partial charge in [0.05, 0.1) is 16.6 Å². The zero-order valence-corrected chi connectivity index (χ0v) is 20.0. The highest BCUT2D eigenvalue weighted by Gasteiger charge is 2.29. The minimum absolute atomic E-state index is 0.116. The van der Waals surface area contributed by atoms with Crippen molar-refractivity contribution in [1.82, 2.24) is 5.32 Å². The van der Waals surface area contributed by atoms with E-state index in [2.05, 4.69) is 5.32 Å². The molecule has 1 amide bonds. The third-order valence-electron chi connectivity index (χ3n) is 5.35. The van der Waals surface area contributed by atoms with Crippen molar-refractivity contribution in [3.8, 4) is 0 Å². The zero-order chi connectivity index (χ0) is 23.3. The number of rotatable bonds is 8. The monoisotopic (exact) mass is 470 g/mol. The average molecular weight is 471 g/mol. The molecule has 0 spiro atoms. The van der Waals surface area contributed by atoms with E-state index >= 15 is 0 Å². The number of aryl methyl sites for hydroxylation is 1. The number of amides is 1. The number of nitrogens with one attached hydrogen (secondary N) is 1. The Morgan fingerprint density at radius 1 is 0.969 bits per heavy atom. The minimum atomic E-state index is -4.00. The maximum atomic E-state index is 13.6. The van der Waals surface area contributed by atoms with Gasteiger partial charge in [0, 0.05) is 5.02 Å². The Morgan fingerprint density at radius 2 is 1.62 bits per heavy atom. The van der Waals surface area contributed by atoms with E-state index < -0.39 is 15.9 Å². The van der Waals surface area contributed by atoms with E-state index in [-0.39, 0.29) is 17.5 Å². The molecule has 0 radical (unpaired) electrons. The molecule has 0 aliphatic heterocycles. The first-order valence-corrected chi connectivity index (χ1v) is 12.2. The Balaban J connectivity index is 1.97. The quantitative estimate of drug-likeness (QED) is 0.478. The Hall–Kier alpha value is -2.83. The highest BCUT2D eigenvalue weighted by Crippen LogP contribution is 2.31. The van der Waals surface area contributed by atoms with Crippen LogP contribution in [-0.2, 0) is 14.8 Å². The van der Waals surface area contributed by atoms with Crippen LogP contribution in [0.2, 0.25) is 5.02 Å². The van der Waals surface area contributed by atoms with Crippen molar-refractivity contribution < 1.29 is 13.2 Å². The first-order valence-electron chi connectivity index (χ1n) is 10.4. The lowest BCUT2D eigenvalue weighted by molar-refractivity contribution is -0.120. The predicted molar refractivity (Wildman–Crippen MR) is 130 cm³/mol. The number of benzene rings is 3. The molecular formula is C25H27ClN2O3S. The molecule has 1 N–H and O–H groups in total. The number of carbonyl (C=O) groups excluding carboxylic acids is 1. The van der Waals surface area contributed by atoms with Crippen LogP contribution < -0.4 is 9.62 Å². The fraction of sp³-hybridized carbons (Fsp3) is 0.240. The van der Waals surface area contributed by atoms with Gasteiger partial charge in [-0.05, 0) is 55.7 Å². The summed E-state index contributed by atoms with van der Waals surface area (Å²) in [6.07, 6.45) is 0.677. The van der Waals surface area contributed by atoms with Crippen LogP contribution in [0.1, 0.15) is 36.1 Å². The summed E-state index contributed by atoms with van der Waals surface area (Å²) in [5.74, 6) is -0.393. The van der Waals surface area contributed by atoms with E-state index in [4.69, 9.17) is 11.6 Å². The summed E-state index contributed by atoms with van der Waals surface area (Å²) in [6, 6.07) is 21.0. The first-order chi connectivity index (χ1) is 15.2. The Kier molecular flexibility index (Phi) is 7.59. The van der Waals surface area contributed by atoms with Crippen LogP contribution in [0, 0.1) is 13.8 Å². The summed E-state index contributed by atoms with van der Waals surface area (Å²) in [6.45, 7) is 5.24. The van der Waals surface area contributed by atoms with Crippen LogP contribution in [0.25, 0.3) is 0 Å². The normalized spacial score (nSPS) is 12.2. The maximum Gasteiger partial charge on any atom is 0.264 e. The van der Waals surface area contributed by atoms with Crippen LogP contribution in [0.15, 0.2) is 77.7 Å². The third kappa shape index (κ3) is 5.31. The van der Waals surface area contributed by atoms with Crippen molar-refractivity contribution in [1.29, 1.82) is 0 Å². The fourth-order valence-corrected chi connectivity index (χ4v) is 5.13. The number of nitrogens with zero attached hydrogens (tertiary/aromatic N) is 1. The number of hydrogen-bond donors (Lipinski definition) is 1. The van der Waals surface area contributed by atoms with Crippen molar-refractivity contribution in [2.75, 3.05) is 10.8 Å². The van der Waals surface area contributed by atoms with E-state index in [1.165, 1.54) is 0 Å². The molecule has 3 aromatic carbocycles. The molecular weight excluding hydrogens is 444 g/mol. The molecule has 0 aliphatic carbocycles. The van der Waals surface area contributed by atoms with Gasteiger partial charge in [0.15, 0.2) is 0 Å². The summed E-state index contributed by atoms with van der Waals surface area (Å²) >= 11 is 6.28. The van der Waals surface area contributed by atoms with E-state index in [1.807, 2.05) is 44.2 Å². The van der Waals surface area contributed by atoms with Gasteiger partial charge in [-0.25, -0.2) is 8.42 Å². The van der Waals surface area contributed by atoms with E-state index in [0.29, 0.717) is 22.7 Å². The summed E-state index contributed by atoms with van der Waals surface area (Å²) in [5.41, 5.74) is 2.88. The lowest BCUT2D eigenvalue weighted by atomic mass is 10.0. The summed E-state index contributed by atoms with van der Waals surface area (Å²) in [4.78, 5) is 13.2. The molecule has 168 valence electrons. The van der Waals surface area contributed by atoms with Gasteiger partial charge in [-0.3, -0.25) is 9.10 Å². The maximum absolute atomic E-state index is 13.6. The second kappa shape index (κ2) is 10.2. The molecule has 3 aromatic rings. The molecule has 0 saturated carbocycles. The standard InChI is InChI=1S/C25H27ClN2O3S/c1-4-23(20-9-6-5-7-10-20)27-25(29)17-28(24-12-8-11-22(26)19(24)3)32(30,31)21-15-13-18(2)14-16-21/h5-16,23H,4,17H2,1-3H3,(H,27,29)/t23-/m1/s1. The van der Waals surface area contributed by atoms with Gasteiger partial charge in [0.2, 0.25) is 5.91 Å². The van der Waals surface area contributed by atoms with E-state index in [1.54, 1.807) is 49.4 Å².